The van der Waals surface area contributed by atoms with Gasteiger partial charge in [0, 0.05) is 17.0 Å². The number of amides is 1. The standard InChI is InChI=1S/C16H19NO4/c1-10(2)17-15(18)9-21-16(19)7-12-8-20-14-6-11(3)4-5-13(12)14/h4-6,8,10H,7,9H2,1-3H3,(H,17,18). The molecule has 0 bridgehead atoms. The van der Waals surface area contributed by atoms with Crippen LogP contribution in [0.5, 0.6) is 0 Å². The summed E-state index contributed by atoms with van der Waals surface area (Å²) in [6.07, 6.45) is 1.64. The Hall–Kier alpha value is -2.30. The molecule has 1 aromatic carbocycles. The van der Waals surface area contributed by atoms with E-state index in [-0.39, 0.29) is 25.0 Å². The number of fused-ring (bicyclic) bond motifs is 1. The van der Waals surface area contributed by atoms with Crippen molar-refractivity contribution >= 4 is 22.8 Å². The maximum absolute atomic E-state index is 11.8. The van der Waals surface area contributed by atoms with Crippen LogP contribution in [0, 0.1) is 6.92 Å². The van der Waals surface area contributed by atoms with Gasteiger partial charge in [0.1, 0.15) is 5.58 Å². The number of rotatable bonds is 5. The fourth-order valence-corrected chi connectivity index (χ4v) is 2.04. The maximum atomic E-state index is 11.8. The summed E-state index contributed by atoms with van der Waals surface area (Å²) in [5, 5.41) is 3.55. The number of carbonyl (C=O) groups is 2. The molecular weight excluding hydrogens is 270 g/mol. The van der Waals surface area contributed by atoms with E-state index < -0.39 is 5.97 Å². The average Bonchev–Trinajstić information content (AvgIpc) is 2.78. The lowest BCUT2D eigenvalue weighted by Gasteiger charge is -2.08. The van der Waals surface area contributed by atoms with Gasteiger partial charge in [-0.25, -0.2) is 0 Å². The summed E-state index contributed by atoms with van der Waals surface area (Å²) in [5.41, 5.74) is 2.60. The average molecular weight is 289 g/mol. The Morgan fingerprint density at radius 3 is 2.81 bits per heavy atom. The highest BCUT2D eigenvalue weighted by atomic mass is 16.5. The van der Waals surface area contributed by atoms with Gasteiger partial charge in [-0.1, -0.05) is 12.1 Å². The third-order valence-corrected chi connectivity index (χ3v) is 2.96. The highest BCUT2D eigenvalue weighted by Gasteiger charge is 2.13. The van der Waals surface area contributed by atoms with Gasteiger partial charge in [0.15, 0.2) is 6.61 Å². The molecule has 5 nitrogen and oxygen atoms in total. The van der Waals surface area contributed by atoms with Crippen molar-refractivity contribution in [3.05, 3.63) is 35.6 Å². The van der Waals surface area contributed by atoms with Crippen LogP contribution in [0.2, 0.25) is 0 Å². The summed E-state index contributed by atoms with van der Waals surface area (Å²) in [4.78, 5) is 23.2. The Morgan fingerprint density at radius 1 is 1.33 bits per heavy atom. The van der Waals surface area contributed by atoms with Crippen LogP contribution < -0.4 is 5.32 Å². The lowest BCUT2D eigenvalue weighted by molar-refractivity contribution is -0.148. The third kappa shape index (κ3) is 4.08. The number of carbonyl (C=O) groups excluding carboxylic acids is 2. The number of nitrogens with one attached hydrogen (secondary N) is 1. The molecule has 0 fully saturated rings. The van der Waals surface area contributed by atoms with Crippen molar-refractivity contribution in [2.24, 2.45) is 0 Å². The van der Waals surface area contributed by atoms with Crippen LogP contribution >= 0.6 is 0 Å². The summed E-state index contributed by atoms with van der Waals surface area (Å²) in [5.74, 6) is -0.747. The molecule has 1 heterocycles. The van der Waals surface area contributed by atoms with E-state index in [2.05, 4.69) is 5.32 Å². The first-order chi connectivity index (χ1) is 9.95. The molecule has 0 aliphatic carbocycles. The minimum atomic E-state index is -0.447. The molecule has 0 atom stereocenters. The predicted molar refractivity (Wildman–Crippen MR) is 78.9 cm³/mol. The number of esters is 1. The van der Waals surface area contributed by atoms with E-state index in [1.165, 1.54) is 0 Å². The molecule has 0 saturated carbocycles. The molecule has 1 amide bonds. The van der Waals surface area contributed by atoms with E-state index in [4.69, 9.17) is 9.15 Å². The van der Waals surface area contributed by atoms with Crippen LogP contribution in [0.1, 0.15) is 25.0 Å². The van der Waals surface area contributed by atoms with Crippen LogP contribution in [0.3, 0.4) is 0 Å². The molecule has 112 valence electrons. The molecule has 21 heavy (non-hydrogen) atoms. The van der Waals surface area contributed by atoms with Crippen LogP contribution in [-0.2, 0) is 20.7 Å². The van der Waals surface area contributed by atoms with Crippen molar-refractivity contribution in [2.45, 2.75) is 33.2 Å². The first-order valence-electron chi connectivity index (χ1n) is 6.87. The van der Waals surface area contributed by atoms with E-state index in [9.17, 15) is 9.59 Å². The Morgan fingerprint density at radius 2 is 2.10 bits per heavy atom. The first-order valence-corrected chi connectivity index (χ1v) is 6.87. The quantitative estimate of drug-likeness (QED) is 0.858. The smallest absolute Gasteiger partial charge is 0.310 e. The Bertz CT molecular complexity index is 657. The number of hydrogen-bond acceptors (Lipinski definition) is 4. The van der Waals surface area contributed by atoms with E-state index in [1.807, 2.05) is 39.0 Å². The second kappa shape index (κ2) is 6.43. The lowest BCUT2D eigenvalue weighted by atomic mass is 10.1. The van der Waals surface area contributed by atoms with Gasteiger partial charge in [-0.2, -0.15) is 0 Å². The molecule has 0 aliphatic rings. The van der Waals surface area contributed by atoms with Crippen molar-refractivity contribution in [3.63, 3.8) is 0 Å². The van der Waals surface area contributed by atoms with Crippen LogP contribution in [0.4, 0.5) is 0 Å². The van der Waals surface area contributed by atoms with Gasteiger partial charge >= 0.3 is 5.97 Å². The van der Waals surface area contributed by atoms with Crippen molar-refractivity contribution in [2.75, 3.05) is 6.61 Å². The molecule has 0 spiro atoms. The zero-order valence-electron chi connectivity index (χ0n) is 12.4. The molecule has 0 aliphatic heterocycles. The maximum Gasteiger partial charge on any atom is 0.310 e. The molecule has 2 aromatic rings. The third-order valence-electron chi connectivity index (χ3n) is 2.96. The van der Waals surface area contributed by atoms with E-state index in [0.717, 1.165) is 22.1 Å². The summed E-state index contributed by atoms with van der Waals surface area (Å²) < 4.78 is 10.4. The van der Waals surface area contributed by atoms with Gasteiger partial charge in [-0.3, -0.25) is 9.59 Å². The zero-order valence-corrected chi connectivity index (χ0v) is 12.4. The monoisotopic (exact) mass is 289 g/mol. The zero-order chi connectivity index (χ0) is 15.4. The highest BCUT2D eigenvalue weighted by Crippen LogP contribution is 2.22. The molecule has 2 rings (SSSR count). The molecule has 1 aromatic heterocycles. The predicted octanol–water partition coefficient (Wildman–Crippen LogP) is 2.35. The van der Waals surface area contributed by atoms with Gasteiger partial charge < -0.3 is 14.5 Å². The molecule has 0 radical (unpaired) electrons. The molecular formula is C16H19NO4. The molecule has 0 saturated heterocycles. The molecule has 0 unspecified atom stereocenters. The fourth-order valence-electron chi connectivity index (χ4n) is 2.04. The van der Waals surface area contributed by atoms with Gasteiger partial charge in [0.2, 0.25) is 0 Å². The van der Waals surface area contributed by atoms with Crippen LogP contribution in [0.25, 0.3) is 11.0 Å². The largest absolute Gasteiger partial charge is 0.464 e. The lowest BCUT2D eigenvalue weighted by Crippen LogP contribution is -2.34. The Balaban J connectivity index is 1.94. The first kappa shape index (κ1) is 15.1. The van der Waals surface area contributed by atoms with Crippen LogP contribution in [-0.4, -0.2) is 24.5 Å². The number of hydrogen-bond donors (Lipinski definition) is 1. The number of benzene rings is 1. The second-order valence-electron chi connectivity index (χ2n) is 5.32. The minimum absolute atomic E-state index is 0.0252. The minimum Gasteiger partial charge on any atom is -0.464 e. The van der Waals surface area contributed by atoms with Crippen molar-refractivity contribution < 1.29 is 18.7 Å². The topological polar surface area (TPSA) is 68.5 Å². The summed E-state index contributed by atoms with van der Waals surface area (Å²) in [6.45, 7) is 5.41. The summed E-state index contributed by atoms with van der Waals surface area (Å²) in [7, 11) is 0. The van der Waals surface area contributed by atoms with E-state index in [0.29, 0.717) is 0 Å². The van der Waals surface area contributed by atoms with Gasteiger partial charge in [0.25, 0.3) is 5.91 Å². The van der Waals surface area contributed by atoms with Crippen LogP contribution in [0.15, 0.2) is 28.9 Å². The van der Waals surface area contributed by atoms with Gasteiger partial charge in [0.05, 0.1) is 12.7 Å². The summed E-state index contributed by atoms with van der Waals surface area (Å²) >= 11 is 0. The van der Waals surface area contributed by atoms with Gasteiger partial charge in [-0.05, 0) is 32.4 Å². The number of furan rings is 1. The Labute approximate surface area is 123 Å². The Kier molecular flexibility index (Phi) is 4.62. The van der Waals surface area contributed by atoms with Crippen molar-refractivity contribution in [1.29, 1.82) is 0 Å². The van der Waals surface area contributed by atoms with E-state index >= 15 is 0 Å². The van der Waals surface area contributed by atoms with Gasteiger partial charge in [-0.15, -0.1) is 0 Å². The molecule has 1 N–H and O–H groups in total. The SMILES string of the molecule is Cc1ccc2c(CC(=O)OCC(=O)NC(C)C)coc2c1. The molecule has 5 heteroatoms. The second-order valence-corrected chi connectivity index (χ2v) is 5.32. The fraction of sp³-hybridized carbons (Fsp3) is 0.375. The number of aryl methyl sites for hydroxylation is 1. The van der Waals surface area contributed by atoms with E-state index in [1.54, 1.807) is 6.26 Å². The summed E-state index contributed by atoms with van der Waals surface area (Å²) in [6, 6.07) is 5.82. The van der Waals surface area contributed by atoms with Crippen molar-refractivity contribution in [3.8, 4) is 0 Å². The van der Waals surface area contributed by atoms with Crippen molar-refractivity contribution in [1.82, 2.24) is 5.32 Å². The normalized spacial score (nSPS) is 10.9. The number of ether oxygens (including phenoxy) is 1. The highest BCUT2D eigenvalue weighted by molar-refractivity contribution is 5.87.